The number of carbonyl (C=O) groups excluding carboxylic acids is 2. The molecule has 0 atom stereocenters. The third-order valence-corrected chi connectivity index (χ3v) is 4.62. The molecule has 0 saturated heterocycles. The van der Waals surface area contributed by atoms with E-state index in [-0.39, 0.29) is 12.1 Å². The van der Waals surface area contributed by atoms with Crippen LogP contribution in [0.15, 0.2) is 82.4 Å². The first-order chi connectivity index (χ1) is 15.0. The Balaban J connectivity index is 1.55. The van der Waals surface area contributed by atoms with E-state index in [0.29, 0.717) is 17.9 Å². The van der Waals surface area contributed by atoms with Gasteiger partial charge < -0.3 is 10.1 Å². The number of nitrogens with zero attached hydrogens (tertiary/aromatic N) is 1. The normalized spacial score (nSPS) is 10.6. The van der Waals surface area contributed by atoms with Crippen LogP contribution in [0.2, 0.25) is 0 Å². The first kappa shape index (κ1) is 22.2. The molecule has 0 bridgehead atoms. The van der Waals surface area contributed by atoms with Crippen molar-refractivity contribution in [1.82, 2.24) is 10.7 Å². The van der Waals surface area contributed by atoms with Gasteiger partial charge in [0.25, 0.3) is 11.8 Å². The van der Waals surface area contributed by atoms with Crippen LogP contribution in [0, 0.1) is 5.82 Å². The molecule has 31 heavy (non-hydrogen) atoms. The first-order valence-corrected chi connectivity index (χ1v) is 10.1. The Morgan fingerprint density at radius 1 is 1.03 bits per heavy atom. The number of ether oxygens (including phenoxy) is 1. The second-order valence-electron chi connectivity index (χ2n) is 6.41. The van der Waals surface area contributed by atoms with Crippen LogP contribution in [0.5, 0.6) is 5.75 Å². The van der Waals surface area contributed by atoms with Crippen molar-refractivity contribution in [3.63, 3.8) is 0 Å². The van der Waals surface area contributed by atoms with Crippen molar-refractivity contribution in [3.8, 4) is 5.75 Å². The highest BCUT2D eigenvalue weighted by Crippen LogP contribution is 2.22. The number of hydrogen-bond acceptors (Lipinski definition) is 4. The molecule has 0 fully saturated rings. The highest BCUT2D eigenvalue weighted by atomic mass is 79.9. The molecule has 8 heteroatoms. The Morgan fingerprint density at radius 2 is 1.77 bits per heavy atom. The molecule has 0 heterocycles. The fraction of sp³-hybridized carbons (Fsp3) is 0.0870. The summed E-state index contributed by atoms with van der Waals surface area (Å²) in [4.78, 5) is 23.9. The van der Waals surface area contributed by atoms with Gasteiger partial charge in [-0.3, -0.25) is 9.59 Å². The molecular weight excluding hydrogens is 465 g/mol. The van der Waals surface area contributed by atoms with Crippen LogP contribution in [0.4, 0.5) is 4.39 Å². The molecule has 0 aliphatic carbocycles. The van der Waals surface area contributed by atoms with Crippen molar-refractivity contribution in [1.29, 1.82) is 0 Å². The summed E-state index contributed by atoms with van der Waals surface area (Å²) in [6.07, 6.45) is 1.45. The molecule has 0 aromatic heterocycles. The zero-order valence-corrected chi connectivity index (χ0v) is 17.9. The summed E-state index contributed by atoms with van der Waals surface area (Å²) in [5.74, 6) is -1.29. The van der Waals surface area contributed by atoms with Gasteiger partial charge in [-0.2, -0.15) is 5.10 Å². The third-order valence-electron chi connectivity index (χ3n) is 4.13. The van der Waals surface area contributed by atoms with E-state index in [0.717, 1.165) is 10.0 Å². The second-order valence-corrected chi connectivity index (χ2v) is 7.33. The van der Waals surface area contributed by atoms with E-state index in [2.05, 4.69) is 31.8 Å². The molecule has 0 unspecified atom stereocenters. The van der Waals surface area contributed by atoms with E-state index in [1.165, 1.54) is 30.5 Å². The summed E-state index contributed by atoms with van der Waals surface area (Å²) >= 11 is 3.40. The summed E-state index contributed by atoms with van der Waals surface area (Å²) in [6, 6.07) is 20.7. The molecule has 2 amide bonds. The Kier molecular flexibility index (Phi) is 7.89. The lowest BCUT2D eigenvalue weighted by molar-refractivity contribution is -0.120. The first-order valence-electron chi connectivity index (χ1n) is 9.34. The monoisotopic (exact) mass is 483 g/mol. The van der Waals surface area contributed by atoms with Crippen molar-refractivity contribution in [3.05, 3.63) is 99.8 Å². The molecule has 3 rings (SSSR count). The lowest BCUT2D eigenvalue weighted by atomic mass is 10.2. The van der Waals surface area contributed by atoms with E-state index in [9.17, 15) is 14.0 Å². The van der Waals surface area contributed by atoms with E-state index in [4.69, 9.17) is 4.74 Å². The van der Waals surface area contributed by atoms with E-state index in [1.807, 2.05) is 36.4 Å². The Hall–Kier alpha value is -3.52. The smallest absolute Gasteiger partial charge is 0.259 e. The molecule has 2 N–H and O–H groups in total. The maximum atomic E-state index is 13.6. The number of rotatable bonds is 8. The van der Waals surface area contributed by atoms with Gasteiger partial charge in [0.1, 0.15) is 18.2 Å². The van der Waals surface area contributed by atoms with Gasteiger partial charge >= 0.3 is 0 Å². The van der Waals surface area contributed by atoms with Crippen molar-refractivity contribution in [2.24, 2.45) is 5.10 Å². The Bertz CT molecular complexity index is 1090. The summed E-state index contributed by atoms with van der Waals surface area (Å²) < 4.78 is 20.3. The summed E-state index contributed by atoms with van der Waals surface area (Å²) in [5, 5.41) is 6.27. The molecule has 0 aliphatic heterocycles. The fourth-order valence-electron chi connectivity index (χ4n) is 2.60. The lowest BCUT2D eigenvalue weighted by Crippen LogP contribution is -2.35. The summed E-state index contributed by atoms with van der Waals surface area (Å²) in [6.45, 7) is 0.0398. The summed E-state index contributed by atoms with van der Waals surface area (Å²) in [5.41, 5.74) is 3.87. The van der Waals surface area contributed by atoms with E-state index in [1.54, 1.807) is 12.1 Å². The van der Waals surface area contributed by atoms with Crippen LogP contribution in [0.1, 0.15) is 21.5 Å². The van der Waals surface area contributed by atoms with Crippen LogP contribution in [0.3, 0.4) is 0 Å². The highest BCUT2D eigenvalue weighted by molar-refractivity contribution is 9.10. The van der Waals surface area contributed by atoms with Crippen LogP contribution in [-0.4, -0.2) is 24.6 Å². The number of hydrogen-bond donors (Lipinski definition) is 2. The molecule has 0 saturated carbocycles. The average Bonchev–Trinajstić information content (AvgIpc) is 2.78. The molecule has 6 nitrogen and oxygen atoms in total. The van der Waals surface area contributed by atoms with Gasteiger partial charge in [0, 0.05) is 10.0 Å². The number of benzene rings is 3. The van der Waals surface area contributed by atoms with Crippen molar-refractivity contribution < 1.29 is 18.7 Å². The molecule has 0 spiro atoms. The van der Waals surface area contributed by atoms with Crippen LogP contribution in [0.25, 0.3) is 0 Å². The maximum Gasteiger partial charge on any atom is 0.259 e. The third kappa shape index (κ3) is 6.75. The topological polar surface area (TPSA) is 79.8 Å². The number of amides is 2. The predicted molar refractivity (Wildman–Crippen MR) is 119 cm³/mol. The molecule has 0 radical (unpaired) electrons. The van der Waals surface area contributed by atoms with Crippen molar-refractivity contribution >= 4 is 34.0 Å². The quantitative estimate of drug-likeness (QED) is 0.374. The van der Waals surface area contributed by atoms with Gasteiger partial charge in [-0.25, -0.2) is 9.82 Å². The largest absolute Gasteiger partial charge is 0.488 e. The molecule has 3 aromatic carbocycles. The van der Waals surface area contributed by atoms with Gasteiger partial charge in [-0.15, -0.1) is 0 Å². The molecular formula is C23H19BrFN3O3. The minimum Gasteiger partial charge on any atom is -0.488 e. The fourth-order valence-corrected chi connectivity index (χ4v) is 2.98. The number of hydrazone groups is 1. The lowest BCUT2D eigenvalue weighted by Gasteiger charge is -2.10. The minimum atomic E-state index is -0.680. The number of carbonyl (C=O) groups is 2. The second kappa shape index (κ2) is 11.0. The van der Waals surface area contributed by atoms with Gasteiger partial charge in [-0.1, -0.05) is 58.4 Å². The van der Waals surface area contributed by atoms with E-state index < -0.39 is 17.6 Å². The van der Waals surface area contributed by atoms with Gasteiger partial charge in [0.2, 0.25) is 0 Å². The van der Waals surface area contributed by atoms with Crippen molar-refractivity contribution in [2.75, 3.05) is 6.54 Å². The summed E-state index contributed by atoms with van der Waals surface area (Å²) in [7, 11) is 0. The molecule has 158 valence electrons. The number of halogens is 2. The zero-order valence-electron chi connectivity index (χ0n) is 16.3. The van der Waals surface area contributed by atoms with E-state index >= 15 is 0 Å². The van der Waals surface area contributed by atoms with Gasteiger partial charge in [-0.05, 0) is 35.9 Å². The SMILES string of the molecule is O=C(CNC(=O)c1ccccc1F)N/N=C/c1cc(Br)ccc1OCc1ccccc1. The molecule has 0 aliphatic rings. The zero-order chi connectivity index (χ0) is 22.1. The van der Waals surface area contributed by atoms with Crippen molar-refractivity contribution in [2.45, 2.75) is 6.61 Å². The van der Waals surface area contributed by atoms with Crippen LogP contribution >= 0.6 is 15.9 Å². The Morgan fingerprint density at radius 3 is 2.55 bits per heavy atom. The number of nitrogens with one attached hydrogen (secondary N) is 2. The van der Waals surface area contributed by atoms with Crippen LogP contribution < -0.4 is 15.5 Å². The minimum absolute atomic E-state index is 0.131. The average molecular weight is 484 g/mol. The van der Waals surface area contributed by atoms with Crippen LogP contribution in [-0.2, 0) is 11.4 Å². The van der Waals surface area contributed by atoms with Gasteiger partial charge in [0.15, 0.2) is 0 Å². The van der Waals surface area contributed by atoms with Gasteiger partial charge in [0.05, 0.1) is 18.3 Å². The molecule has 3 aromatic rings. The maximum absolute atomic E-state index is 13.6. The Labute approximate surface area is 187 Å². The standard InChI is InChI=1S/C23H19BrFN3O3/c24-18-10-11-21(31-15-16-6-2-1-3-7-16)17(12-18)13-27-28-22(29)14-26-23(30)19-8-4-5-9-20(19)25/h1-13H,14-15H2,(H,26,30)(H,28,29)/b27-13+. The highest BCUT2D eigenvalue weighted by Gasteiger charge is 2.11. The predicted octanol–water partition coefficient (Wildman–Crippen LogP) is 4.05.